The van der Waals surface area contributed by atoms with Gasteiger partial charge < -0.3 is 19.4 Å². The smallest absolute Gasteiger partial charge is 0.391 e. The number of rotatable bonds is 4. The van der Waals surface area contributed by atoms with Gasteiger partial charge in [0.05, 0.1) is 6.04 Å². The molecule has 1 fully saturated rings. The van der Waals surface area contributed by atoms with Gasteiger partial charge in [0.1, 0.15) is 0 Å². The first-order chi connectivity index (χ1) is 23.5. The Morgan fingerprint density at radius 1 is 0.745 bits per heavy atom. The summed E-state index contributed by atoms with van der Waals surface area (Å²) in [4.78, 5) is 13.1. The molecule has 5 heteroatoms. The van der Waals surface area contributed by atoms with Crippen LogP contribution in [0.4, 0.5) is 0 Å². The molecule has 0 saturated heterocycles. The maximum atomic E-state index is 5.55. The van der Waals surface area contributed by atoms with Crippen molar-refractivity contribution in [2.45, 2.75) is 131 Å². The van der Waals surface area contributed by atoms with E-state index in [2.05, 4.69) is 146 Å². The van der Waals surface area contributed by atoms with Crippen LogP contribution in [0.1, 0.15) is 122 Å². The third-order valence-corrected chi connectivity index (χ3v) is 11.2. The van der Waals surface area contributed by atoms with Gasteiger partial charge in [0.2, 0.25) is 0 Å². The van der Waals surface area contributed by atoms with E-state index in [1.807, 2.05) is 6.20 Å². The van der Waals surface area contributed by atoms with Crippen LogP contribution in [0.15, 0.2) is 59.7 Å². The Morgan fingerprint density at radius 2 is 1.45 bits per heavy atom. The van der Waals surface area contributed by atoms with E-state index >= 15 is 0 Å². The van der Waals surface area contributed by atoms with Gasteiger partial charge in [-0.15, -0.1) is 52.6 Å². The number of aliphatic imine (C=N–C) groups is 1. The Labute approximate surface area is 321 Å². The first-order valence-corrected chi connectivity index (χ1v) is 18.9. The zero-order valence-electron chi connectivity index (χ0n) is 32.7. The second kappa shape index (κ2) is 13.6. The summed E-state index contributed by atoms with van der Waals surface area (Å²) in [6.07, 6.45) is 8.39. The molecular weight excluding hydrogens is 804 g/mol. The van der Waals surface area contributed by atoms with Gasteiger partial charge >= 0.3 is 21.1 Å². The molecule has 1 saturated carbocycles. The standard InChI is InChI=1S/C46H56N4.Pt/c1-29-17-18-40-37(21-29)38-22-30(2)36(39-26-32(19-20-47-39)44(3,4)5)27-41(38)50(40)35-24-31(23-33(25-35)45(6,7)8)43-48-42(46(9,10)11)28-49(43)34-15-13-12-14-16-34;/h17-23,25-26,34,42H,12-16,28H2,1-11H3;/q-2;+2/t42-;/m0./s1. The fourth-order valence-corrected chi connectivity index (χ4v) is 7.92. The molecule has 270 valence electrons. The van der Waals surface area contributed by atoms with E-state index in [0.717, 1.165) is 40.4 Å². The molecule has 51 heavy (non-hydrogen) atoms. The molecule has 2 aromatic heterocycles. The zero-order valence-corrected chi connectivity index (χ0v) is 35.0. The van der Waals surface area contributed by atoms with E-state index in [4.69, 9.17) is 9.98 Å². The summed E-state index contributed by atoms with van der Waals surface area (Å²) in [6, 6.07) is 27.0. The predicted molar refractivity (Wildman–Crippen MR) is 212 cm³/mol. The first-order valence-electron chi connectivity index (χ1n) is 18.9. The molecule has 1 atom stereocenters. The monoisotopic (exact) mass is 859 g/mol. The molecule has 0 amide bonds. The third-order valence-electron chi connectivity index (χ3n) is 11.2. The number of nitrogens with zero attached hydrogens (tertiary/aromatic N) is 4. The van der Waals surface area contributed by atoms with Crippen LogP contribution in [0, 0.1) is 31.4 Å². The zero-order chi connectivity index (χ0) is 35.7. The predicted octanol–water partition coefficient (Wildman–Crippen LogP) is 11.5. The summed E-state index contributed by atoms with van der Waals surface area (Å²) in [6.45, 7) is 26.1. The van der Waals surface area contributed by atoms with E-state index in [-0.39, 0.29) is 43.4 Å². The number of pyridine rings is 1. The van der Waals surface area contributed by atoms with Gasteiger partial charge in [-0.2, -0.15) is 0 Å². The Balaban J connectivity index is 0.00000448. The second-order valence-electron chi connectivity index (χ2n) is 18.3. The van der Waals surface area contributed by atoms with Crippen molar-refractivity contribution < 1.29 is 21.1 Å². The minimum absolute atomic E-state index is 0. The van der Waals surface area contributed by atoms with Crippen molar-refractivity contribution in [2.24, 2.45) is 10.4 Å². The van der Waals surface area contributed by atoms with Gasteiger partial charge in [-0.1, -0.05) is 118 Å². The molecule has 4 nitrogen and oxygen atoms in total. The first kappa shape index (κ1) is 37.5. The number of hydrogen-bond acceptors (Lipinski definition) is 3. The Bertz CT molecular complexity index is 2110. The quantitative estimate of drug-likeness (QED) is 0.169. The molecule has 0 spiro atoms. The van der Waals surface area contributed by atoms with E-state index in [0.29, 0.717) is 6.04 Å². The normalized spacial score (nSPS) is 17.7. The molecule has 1 aliphatic heterocycles. The maximum Gasteiger partial charge on any atom is 2.00 e. The van der Waals surface area contributed by atoms with Crippen LogP contribution in [-0.2, 0) is 31.9 Å². The molecule has 3 aromatic carbocycles. The van der Waals surface area contributed by atoms with Crippen LogP contribution in [0.25, 0.3) is 38.8 Å². The van der Waals surface area contributed by atoms with Crippen molar-refractivity contribution in [1.82, 2.24) is 14.5 Å². The van der Waals surface area contributed by atoms with Crippen LogP contribution in [0.2, 0.25) is 0 Å². The Kier molecular flexibility index (Phi) is 10.0. The van der Waals surface area contributed by atoms with Crippen LogP contribution < -0.4 is 0 Å². The average molecular weight is 860 g/mol. The third kappa shape index (κ3) is 7.24. The molecule has 0 N–H and O–H groups in total. The van der Waals surface area contributed by atoms with E-state index in [1.54, 1.807) is 0 Å². The molecule has 0 bridgehead atoms. The molecule has 5 aromatic rings. The van der Waals surface area contributed by atoms with Gasteiger partial charge in [0.25, 0.3) is 0 Å². The molecular formula is C46H56N4Pt. The van der Waals surface area contributed by atoms with Crippen molar-refractivity contribution in [3.8, 4) is 16.9 Å². The maximum absolute atomic E-state index is 5.55. The summed E-state index contributed by atoms with van der Waals surface area (Å²) in [5.41, 5.74) is 11.5. The van der Waals surface area contributed by atoms with Crippen molar-refractivity contribution in [2.75, 3.05) is 6.54 Å². The minimum atomic E-state index is -0.0605. The summed E-state index contributed by atoms with van der Waals surface area (Å²) in [5, 5.41) is 2.45. The van der Waals surface area contributed by atoms with Crippen LogP contribution >= 0.6 is 0 Å². The van der Waals surface area contributed by atoms with Gasteiger partial charge in [-0.05, 0) is 76.0 Å². The van der Waals surface area contributed by atoms with Crippen molar-refractivity contribution >= 4 is 27.6 Å². The molecule has 1 aliphatic carbocycles. The van der Waals surface area contributed by atoms with E-state index in [1.165, 1.54) is 70.6 Å². The van der Waals surface area contributed by atoms with Gasteiger partial charge in [-0.25, -0.2) is 0 Å². The number of fused-ring (bicyclic) bond motifs is 3. The number of hydrogen-bond donors (Lipinski definition) is 0. The number of aryl methyl sites for hydroxylation is 2. The molecule has 0 unspecified atom stereocenters. The van der Waals surface area contributed by atoms with Crippen LogP contribution in [0.5, 0.6) is 0 Å². The second-order valence-corrected chi connectivity index (χ2v) is 18.3. The molecule has 7 rings (SSSR count). The van der Waals surface area contributed by atoms with Crippen LogP contribution in [-0.4, -0.2) is 38.9 Å². The Hall–Kier alpha value is -3.23. The van der Waals surface area contributed by atoms with E-state index in [9.17, 15) is 0 Å². The summed E-state index contributed by atoms with van der Waals surface area (Å²) >= 11 is 0. The van der Waals surface area contributed by atoms with Gasteiger partial charge in [0, 0.05) is 30.1 Å². The van der Waals surface area contributed by atoms with Crippen LogP contribution in [0.3, 0.4) is 0 Å². The molecule has 0 radical (unpaired) electrons. The largest absolute Gasteiger partial charge is 2.00 e. The number of amidine groups is 1. The van der Waals surface area contributed by atoms with E-state index < -0.39 is 0 Å². The SMILES string of the molecule is Cc1ccc2c(c1)c1cc(C)c(-c3cc(C(C)(C)C)ccn3)[c-]c1n2-c1[c-]c(C2=N[C@H](C(C)(C)C)CN2C2CCCCC2)cc(C(C)(C)C)c1.[Pt+2]. The number of benzene rings is 3. The average Bonchev–Trinajstić information content (AvgIpc) is 3.64. The summed E-state index contributed by atoms with van der Waals surface area (Å²) in [7, 11) is 0. The number of aromatic nitrogens is 2. The summed E-state index contributed by atoms with van der Waals surface area (Å²) < 4.78 is 2.40. The van der Waals surface area contributed by atoms with Gasteiger partial charge in [-0.3, -0.25) is 0 Å². The van der Waals surface area contributed by atoms with Crippen molar-refractivity contribution in [1.29, 1.82) is 0 Å². The summed E-state index contributed by atoms with van der Waals surface area (Å²) in [5.74, 6) is 1.13. The topological polar surface area (TPSA) is 33.4 Å². The Morgan fingerprint density at radius 3 is 2.12 bits per heavy atom. The minimum Gasteiger partial charge on any atom is -0.391 e. The fraction of sp³-hybridized carbons (Fsp3) is 0.478. The van der Waals surface area contributed by atoms with Gasteiger partial charge in [0.15, 0.2) is 0 Å². The van der Waals surface area contributed by atoms with Crippen molar-refractivity contribution in [3.05, 3.63) is 94.7 Å². The molecule has 2 aliphatic rings. The fourth-order valence-electron chi connectivity index (χ4n) is 7.92. The molecule has 3 heterocycles. The van der Waals surface area contributed by atoms with Crippen molar-refractivity contribution in [3.63, 3.8) is 0 Å².